The first-order valence-corrected chi connectivity index (χ1v) is 33.8. The van der Waals surface area contributed by atoms with Crippen molar-refractivity contribution in [1.82, 2.24) is 26.2 Å². The predicted molar refractivity (Wildman–Crippen MR) is 351 cm³/mol. The minimum atomic E-state index is -2.67. The van der Waals surface area contributed by atoms with Crippen LogP contribution >= 0.6 is 0 Å². The van der Waals surface area contributed by atoms with Gasteiger partial charge >= 0.3 is 41.9 Å². The zero-order valence-electron chi connectivity index (χ0n) is 56.3. The van der Waals surface area contributed by atoms with E-state index in [1.54, 1.807) is 60.7 Å². The van der Waals surface area contributed by atoms with Gasteiger partial charge < -0.3 is 75.5 Å². The van der Waals surface area contributed by atoms with Gasteiger partial charge in [0.1, 0.15) is 53.7 Å². The predicted octanol–water partition coefficient (Wildman–Crippen LogP) is 2.23. The van der Waals surface area contributed by atoms with Crippen LogP contribution in [0.25, 0.3) is 0 Å². The Balaban J connectivity index is 1.01. The molecule has 4 aromatic carbocycles. The fraction of sp³-hybridized carbons (Fsp3) is 0.437. The van der Waals surface area contributed by atoms with Crippen LogP contribution in [0.1, 0.15) is 106 Å². The number of fused-ring (bicyclic) bond motifs is 6. The largest absolute Gasteiger partial charge is 0.477 e. The number of nitrogens with one attached hydrogen (secondary N) is 4. The molecule has 2 saturated carbocycles. The van der Waals surface area contributed by atoms with Crippen LogP contribution < -0.4 is 27.0 Å². The van der Waals surface area contributed by atoms with Crippen LogP contribution in [0.2, 0.25) is 0 Å². The molecule has 3 aliphatic heterocycles. The van der Waals surface area contributed by atoms with Gasteiger partial charge in [-0.3, -0.25) is 42.7 Å². The summed E-state index contributed by atoms with van der Waals surface area (Å²) in [6.45, 7) is 7.69. The molecule has 4 fully saturated rings. The molecule has 0 radical (unpaired) electrons. The average molecular weight is 1420 g/mol. The maximum absolute atomic E-state index is 16.0. The number of alkyl carbamates (subject to hydrolysis) is 1. The molecule has 16 atom stereocenters. The highest BCUT2D eigenvalue weighted by atomic mass is 32.2. The first-order chi connectivity index (χ1) is 47.7. The summed E-state index contributed by atoms with van der Waals surface area (Å²) in [4.78, 5) is 171. The van der Waals surface area contributed by atoms with Gasteiger partial charge in [-0.05, 0) is 74.2 Å². The number of ketones is 1. The molecule has 2 bridgehead atoms. The molecular weight excluding hydrogens is 1340 g/mol. The Bertz CT molecular complexity index is 4080. The van der Waals surface area contributed by atoms with Crippen LogP contribution in [0.3, 0.4) is 0 Å². The number of hydrogen-bond acceptors (Lipinski definition) is 23. The number of aliphatic carboxylic acids is 1. The quantitative estimate of drug-likeness (QED) is 0.0242. The van der Waals surface area contributed by atoms with Crippen molar-refractivity contribution in [3.05, 3.63) is 166 Å². The Labute approximate surface area is 581 Å². The summed E-state index contributed by atoms with van der Waals surface area (Å²) in [6, 6.07) is 26.7. The molecule has 2 saturated heterocycles. The van der Waals surface area contributed by atoms with E-state index in [2.05, 4.69) is 21.3 Å². The summed E-state index contributed by atoms with van der Waals surface area (Å²) >= 11 is 0. The van der Waals surface area contributed by atoms with Crippen LogP contribution in [0.15, 0.2) is 144 Å². The number of carboxylic acids is 1. The van der Waals surface area contributed by atoms with E-state index in [-0.39, 0.29) is 46.3 Å². The second kappa shape index (κ2) is 28.9. The van der Waals surface area contributed by atoms with Crippen molar-refractivity contribution in [3.8, 4) is 0 Å². The normalized spacial score (nSPS) is 28.3. The molecule has 2 unspecified atom stereocenters. The topological polar surface area (TPSA) is 425 Å². The number of Topliss-reactive ketones (excluding diaryl/α,β-unsaturated/α-hetero) is 1. The van der Waals surface area contributed by atoms with E-state index in [1.807, 2.05) is 0 Å². The van der Waals surface area contributed by atoms with E-state index >= 15 is 14.4 Å². The first-order valence-electron chi connectivity index (χ1n) is 32.4. The van der Waals surface area contributed by atoms with Gasteiger partial charge in [-0.15, -0.1) is 0 Å². The third kappa shape index (κ3) is 14.0. The lowest BCUT2D eigenvalue weighted by Crippen LogP contribution is -2.82. The molecule has 5 amide bonds. The van der Waals surface area contributed by atoms with Gasteiger partial charge in [-0.2, -0.15) is 0 Å². The van der Waals surface area contributed by atoms with E-state index in [0.29, 0.717) is 5.56 Å². The Morgan fingerprint density at radius 2 is 1.44 bits per heavy atom. The number of hydrogen-bond donors (Lipinski definition) is 8. The number of nitrogens with zero attached hydrogens (tertiary/aromatic N) is 1. The van der Waals surface area contributed by atoms with Crippen LogP contribution in [0.4, 0.5) is 4.79 Å². The van der Waals surface area contributed by atoms with Crippen LogP contribution in [0, 0.1) is 16.7 Å². The number of nitrogens with two attached hydrogens (primary N) is 1. The van der Waals surface area contributed by atoms with Gasteiger partial charge in [0.25, 0.3) is 11.8 Å². The number of benzene rings is 4. The SMILES string of the molecule is CC(=O)O[C@H]1C(=O)[C@@]2(C)[C@H]([C@H](OC(=O)c3ccccc3)[C@]3(O)C[C@H](OC(=O)[C@H](OC(=O)C(C)(CNC(=O)OCC4=C(C(=O)O)N5C(=O)[C@@H](NC(=O)Cc6ccccc6)[C@H]5S(=O)C4)NC(=O)[C@@H](C)N)[C@@H](NC(=O)c4ccccc4)c4ccccc4)C(C)=C1C3(C)C)[C@]1(OC(C)=O)CO[C@@H]1C[C@@H]2O. The van der Waals surface area contributed by atoms with Gasteiger partial charge in [0.05, 0.1) is 65.2 Å². The molecule has 29 nitrogen and oxygen atoms in total. The summed E-state index contributed by atoms with van der Waals surface area (Å²) in [6.07, 6.45) is -13.9. The van der Waals surface area contributed by atoms with Crippen LogP contribution in [-0.2, 0) is 93.5 Å². The number of carbonyl (C=O) groups excluding carboxylic acids is 11. The van der Waals surface area contributed by atoms with Crippen LogP contribution in [-0.4, -0.2) is 192 Å². The zero-order valence-corrected chi connectivity index (χ0v) is 57.1. The Kier molecular flexibility index (Phi) is 21.1. The molecular formula is C71H78N6O23S. The molecule has 9 N–H and O–H groups in total. The fourth-order valence-corrected chi connectivity index (χ4v) is 16.2. The van der Waals surface area contributed by atoms with Gasteiger partial charge in [-0.1, -0.05) is 111 Å². The molecule has 6 aliphatic rings. The van der Waals surface area contributed by atoms with Crippen molar-refractivity contribution < 1.29 is 110 Å². The van der Waals surface area contributed by atoms with E-state index < -0.39 is 213 Å². The lowest BCUT2D eigenvalue weighted by Gasteiger charge is -2.67. The molecule has 30 heteroatoms. The lowest BCUT2D eigenvalue weighted by molar-refractivity contribution is -0.346. The zero-order chi connectivity index (χ0) is 73.4. The van der Waals surface area contributed by atoms with Gasteiger partial charge in [-0.25, -0.2) is 24.0 Å². The third-order valence-corrected chi connectivity index (χ3v) is 21.5. The molecule has 0 spiro atoms. The molecule has 101 heavy (non-hydrogen) atoms. The Morgan fingerprint density at radius 3 is 2.01 bits per heavy atom. The highest BCUT2D eigenvalue weighted by Crippen LogP contribution is 2.64. The van der Waals surface area contributed by atoms with Crippen molar-refractivity contribution >= 4 is 82.1 Å². The highest BCUT2D eigenvalue weighted by molar-refractivity contribution is 7.86. The molecule has 4 aromatic rings. The second-order valence-corrected chi connectivity index (χ2v) is 28.4. The van der Waals surface area contributed by atoms with Crippen molar-refractivity contribution in [2.75, 3.05) is 25.5 Å². The van der Waals surface area contributed by atoms with Gasteiger partial charge in [0, 0.05) is 43.2 Å². The fourth-order valence-electron chi connectivity index (χ4n) is 14.5. The van der Waals surface area contributed by atoms with E-state index in [0.717, 1.165) is 25.7 Å². The standard InChI is InChI=1S/C71H78N6O23S/c1-36-45(31-71(92)57(99-63(88)43-27-19-12-20-28-43)55-69(8,46(80)30-47-70(55,35-95-47)100-39(4)79)56(82)53(96-38(3)78)49(36)67(71,5)6)97-64(89)54(50(41-23-15-10-16-24-41)75-59(84)42-25-17-11-18-26-42)98-65(90)68(7,76-58(83)37(2)72)34-73-66(91)94-32-44-33-101(93)61-51(60(85)77(61)52(44)62(86)87)74-48(81)29-40-21-13-9-14-22-40/h9-28,37,45-47,50-51,53-55,57,61,80,92H,29-35,72H2,1-8H3,(H,73,91)(H,74,81)(H,75,84)(H,76,83)(H,86,87)/t37-,45+,46+,47-,50+,51-,53-,54-,55+,57+,61-,68?,69-,70+,71-,101?/m1/s1. The van der Waals surface area contributed by atoms with E-state index in [1.165, 1.54) is 95.3 Å². The average Bonchev–Trinajstić information content (AvgIpc) is 0.668. The second-order valence-electron chi connectivity index (χ2n) is 26.9. The number of amides is 5. The third-order valence-electron chi connectivity index (χ3n) is 19.8. The van der Waals surface area contributed by atoms with Crippen molar-refractivity contribution in [3.63, 3.8) is 0 Å². The molecule has 0 aromatic heterocycles. The Morgan fingerprint density at radius 1 is 0.832 bits per heavy atom. The smallest absolute Gasteiger partial charge is 0.407 e. The van der Waals surface area contributed by atoms with Crippen molar-refractivity contribution in [2.45, 2.75) is 152 Å². The highest BCUT2D eigenvalue weighted by Gasteiger charge is 2.78. The van der Waals surface area contributed by atoms with Crippen molar-refractivity contribution in [1.29, 1.82) is 0 Å². The number of carbonyl (C=O) groups is 12. The maximum Gasteiger partial charge on any atom is 0.407 e. The van der Waals surface area contributed by atoms with Crippen LogP contribution in [0.5, 0.6) is 0 Å². The summed E-state index contributed by atoms with van der Waals surface area (Å²) in [5.41, 5.74) is -5.77. The number of ether oxygens (including phenoxy) is 7. The number of carboxylic acid groups (broad SMARTS) is 1. The van der Waals surface area contributed by atoms with Gasteiger partial charge in [0.15, 0.2) is 23.0 Å². The monoisotopic (exact) mass is 1410 g/mol. The summed E-state index contributed by atoms with van der Waals surface area (Å²) in [7, 11) is -2.06. The minimum Gasteiger partial charge on any atom is -0.477 e. The number of aliphatic hydroxyl groups excluding tert-OH is 1. The number of esters is 5. The molecule has 3 aliphatic carbocycles. The number of aliphatic hydroxyl groups is 2. The van der Waals surface area contributed by atoms with E-state index in [9.17, 15) is 62.7 Å². The summed E-state index contributed by atoms with van der Waals surface area (Å²) in [5, 5.41) is 45.7. The summed E-state index contributed by atoms with van der Waals surface area (Å²) < 4.78 is 56.4. The number of rotatable bonds is 22. The molecule has 536 valence electrons. The Hall–Kier alpha value is -10.0. The first kappa shape index (κ1) is 73.7. The lowest BCUT2D eigenvalue weighted by atomic mass is 9.44. The summed E-state index contributed by atoms with van der Waals surface area (Å²) in [5.74, 6) is -14.4. The van der Waals surface area contributed by atoms with Gasteiger partial charge in [0.2, 0.25) is 17.9 Å². The molecule has 10 rings (SSSR count). The maximum atomic E-state index is 16.0. The molecule has 3 heterocycles. The van der Waals surface area contributed by atoms with Crippen molar-refractivity contribution in [2.24, 2.45) is 22.5 Å². The van der Waals surface area contributed by atoms with E-state index in [4.69, 9.17) is 38.9 Å². The number of β-lactam (4-membered cyclic amide) rings is 1. The minimum absolute atomic E-state index is 0.0398.